The van der Waals surface area contributed by atoms with E-state index in [1.165, 1.54) is 8.61 Å². The molecule has 0 amide bonds. The molecular formula is C24H28N2O4S2. The van der Waals surface area contributed by atoms with Crippen LogP contribution in [0.25, 0.3) is 10.8 Å². The van der Waals surface area contributed by atoms with Gasteiger partial charge in [0, 0.05) is 26.2 Å². The first-order chi connectivity index (χ1) is 15.0. The molecule has 0 unspecified atom stereocenters. The summed E-state index contributed by atoms with van der Waals surface area (Å²) < 4.78 is 55.2. The summed E-state index contributed by atoms with van der Waals surface area (Å²) in [5.74, 6) is 0. The van der Waals surface area contributed by atoms with Crippen molar-refractivity contribution in [1.82, 2.24) is 8.61 Å². The predicted octanol–water partition coefficient (Wildman–Crippen LogP) is 3.83. The van der Waals surface area contributed by atoms with Crippen LogP contribution in [0, 0.1) is 0 Å². The van der Waals surface area contributed by atoms with Crippen LogP contribution in [0.2, 0.25) is 0 Å². The van der Waals surface area contributed by atoms with Crippen molar-refractivity contribution in [2.45, 2.75) is 36.0 Å². The fourth-order valence-electron chi connectivity index (χ4n) is 3.90. The van der Waals surface area contributed by atoms with E-state index in [1.54, 1.807) is 30.3 Å². The molecule has 1 fully saturated rings. The lowest BCUT2D eigenvalue weighted by Crippen LogP contribution is -2.50. The van der Waals surface area contributed by atoms with Gasteiger partial charge in [0.05, 0.1) is 9.79 Å². The molecule has 0 N–H and O–H groups in total. The molecule has 1 heterocycles. The number of hydrogen-bond donors (Lipinski definition) is 0. The minimum Gasteiger partial charge on any atom is -0.207 e. The SMILES string of the molecule is CC(C)(C)c1ccc(S(=O)(=O)N2CCN(S(=O)(=O)c3ccc4ccccc4c3)CC2)cc1. The summed E-state index contributed by atoms with van der Waals surface area (Å²) >= 11 is 0. The molecule has 3 aromatic carbocycles. The van der Waals surface area contributed by atoms with Crippen molar-refractivity contribution >= 4 is 30.8 Å². The Morgan fingerprint density at radius 3 is 1.62 bits per heavy atom. The smallest absolute Gasteiger partial charge is 0.207 e. The monoisotopic (exact) mass is 472 g/mol. The van der Waals surface area contributed by atoms with Crippen molar-refractivity contribution in [2.24, 2.45) is 0 Å². The minimum atomic E-state index is -3.70. The third-order valence-electron chi connectivity index (χ3n) is 5.91. The fraction of sp³-hybridized carbons (Fsp3) is 0.333. The van der Waals surface area contributed by atoms with Crippen molar-refractivity contribution < 1.29 is 16.8 Å². The number of fused-ring (bicyclic) bond motifs is 1. The van der Waals surface area contributed by atoms with Crippen LogP contribution >= 0.6 is 0 Å². The third-order valence-corrected chi connectivity index (χ3v) is 9.72. The van der Waals surface area contributed by atoms with Crippen LogP contribution in [0.4, 0.5) is 0 Å². The molecule has 3 aromatic rings. The molecule has 0 atom stereocenters. The molecule has 0 aliphatic carbocycles. The zero-order valence-electron chi connectivity index (χ0n) is 18.5. The largest absolute Gasteiger partial charge is 0.243 e. The molecule has 1 aliphatic rings. The number of nitrogens with zero attached hydrogens (tertiary/aromatic N) is 2. The molecule has 0 saturated carbocycles. The van der Waals surface area contributed by atoms with Crippen LogP contribution in [0.5, 0.6) is 0 Å². The van der Waals surface area contributed by atoms with Gasteiger partial charge in [-0.1, -0.05) is 63.2 Å². The molecule has 1 saturated heterocycles. The lowest BCUT2D eigenvalue weighted by Gasteiger charge is -2.33. The summed E-state index contributed by atoms with van der Waals surface area (Å²) in [6, 6.07) is 19.6. The van der Waals surface area contributed by atoms with Gasteiger partial charge in [-0.3, -0.25) is 0 Å². The second-order valence-corrected chi connectivity index (χ2v) is 13.0. The minimum absolute atomic E-state index is 0.0644. The van der Waals surface area contributed by atoms with E-state index in [0.717, 1.165) is 16.3 Å². The van der Waals surface area contributed by atoms with E-state index >= 15 is 0 Å². The van der Waals surface area contributed by atoms with Crippen molar-refractivity contribution in [3.63, 3.8) is 0 Å². The Morgan fingerprint density at radius 1 is 0.625 bits per heavy atom. The second-order valence-electron chi connectivity index (χ2n) is 9.09. The Kier molecular flexibility index (Phi) is 5.92. The maximum atomic E-state index is 13.1. The van der Waals surface area contributed by atoms with E-state index in [9.17, 15) is 16.8 Å². The van der Waals surface area contributed by atoms with Crippen LogP contribution in [-0.4, -0.2) is 51.6 Å². The lowest BCUT2D eigenvalue weighted by atomic mass is 9.87. The summed E-state index contributed by atoms with van der Waals surface area (Å²) in [6.45, 7) is 6.71. The van der Waals surface area contributed by atoms with Gasteiger partial charge in [0.1, 0.15) is 0 Å². The zero-order chi connectivity index (χ0) is 23.1. The highest BCUT2D eigenvalue weighted by atomic mass is 32.2. The number of benzene rings is 3. The van der Waals surface area contributed by atoms with Crippen LogP contribution in [-0.2, 0) is 25.5 Å². The average Bonchev–Trinajstić information content (AvgIpc) is 2.78. The first kappa shape index (κ1) is 22.9. The Hall–Kier alpha value is -2.26. The van der Waals surface area contributed by atoms with Crippen molar-refractivity contribution in [3.05, 3.63) is 72.3 Å². The fourth-order valence-corrected chi connectivity index (χ4v) is 6.78. The zero-order valence-corrected chi connectivity index (χ0v) is 20.2. The van der Waals surface area contributed by atoms with Gasteiger partial charge in [0.25, 0.3) is 0 Å². The molecule has 1 aliphatic heterocycles. The van der Waals surface area contributed by atoms with Gasteiger partial charge >= 0.3 is 0 Å². The van der Waals surface area contributed by atoms with E-state index in [4.69, 9.17) is 0 Å². The number of rotatable bonds is 4. The second kappa shape index (κ2) is 8.26. The van der Waals surface area contributed by atoms with Crippen LogP contribution in [0.3, 0.4) is 0 Å². The standard InChI is InChI=1S/C24H28N2O4S2/c1-24(2,3)21-9-12-22(13-10-21)31(27,28)25-14-16-26(17-15-25)32(29,30)23-11-8-19-6-4-5-7-20(19)18-23/h4-13,18H,14-17H2,1-3H3. The molecule has 32 heavy (non-hydrogen) atoms. The van der Waals surface area contributed by atoms with Crippen LogP contribution in [0.1, 0.15) is 26.3 Å². The first-order valence-corrected chi connectivity index (χ1v) is 13.5. The molecular weight excluding hydrogens is 444 g/mol. The number of hydrogen-bond acceptors (Lipinski definition) is 4. The van der Waals surface area contributed by atoms with Gasteiger partial charge in [-0.2, -0.15) is 8.61 Å². The van der Waals surface area contributed by atoms with Gasteiger partial charge in [-0.05, 0) is 46.0 Å². The van der Waals surface area contributed by atoms with Crippen LogP contribution < -0.4 is 0 Å². The Balaban J connectivity index is 1.50. The molecule has 6 nitrogen and oxygen atoms in total. The average molecular weight is 473 g/mol. The summed E-state index contributed by atoms with van der Waals surface area (Å²) in [5, 5.41) is 1.83. The van der Waals surface area contributed by atoms with Gasteiger partial charge in [0.15, 0.2) is 0 Å². The van der Waals surface area contributed by atoms with Crippen molar-refractivity contribution in [3.8, 4) is 0 Å². The molecule has 170 valence electrons. The first-order valence-electron chi connectivity index (χ1n) is 10.6. The summed E-state index contributed by atoms with van der Waals surface area (Å²) in [7, 11) is -7.37. The van der Waals surface area contributed by atoms with Crippen LogP contribution in [0.15, 0.2) is 76.5 Å². The third kappa shape index (κ3) is 4.32. The van der Waals surface area contributed by atoms with Gasteiger partial charge in [-0.25, -0.2) is 16.8 Å². The number of sulfonamides is 2. The van der Waals surface area contributed by atoms with Gasteiger partial charge < -0.3 is 0 Å². The van der Waals surface area contributed by atoms with E-state index in [1.807, 2.05) is 36.4 Å². The molecule has 4 rings (SSSR count). The Morgan fingerprint density at radius 2 is 1.09 bits per heavy atom. The Labute approximate surface area is 190 Å². The summed E-state index contributed by atoms with van der Waals surface area (Å²) in [6.07, 6.45) is 0. The molecule has 8 heteroatoms. The maximum Gasteiger partial charge on any atom is 0.243 e. The maximum absolute atomic E-state index is 13.1. The summed E-state index contributed by atoms with van der Waals surface area (Å²) in [5.41, 5.74) is 0.994. The topological polar surface area (TPSA) is 74.8 Å². The van der Waals surface area contributed by atoms with E-state index in [0.29, 0.717) is 0 Å². The highest BCUT2D eigenvalue weighted by Gasteiger charge is 2.34. The van der Waals surface area contributed by atoms with Gasteiger partial charge in [0.2, 0.25) is 20.0 Å². The molecule has 0 radical (unpaired) electrons. The molecule has 0 spiro atoms. The normalized spacial score (nSPS) is 17.0. The van der Waals surface area contributed by atoms with Crippen molar-refractivity contribution in [1.29, 1.82) is 0 Å². The van der Waals surface area contributed by atoms with E-state index in [-0.39, 0.29) is 41.4 Å². The van der Waals surface area contributed by atoms with E-state index < -0.39 is 20.0 Å². The van der Waals surface area contributed by atoms with Crippen molar-refractivity contribution in [2.75, 3.05) is 26.2 Å². The van der Waals surface area contributed by atoms with Gasteiger partial charge in [-0.15, -0.1) is 0 Å². The molecule has 0 aromatic heterocycles. The highest BCUT2D eigenvalue weighted by Crippen LogP contribution is 2.27. The molecule has 0 bridgehead atoms. The van der Waals surface area contributed by atoms with E-state index in [2.05, 4.69) is 20.8 Å². The number of piperazine rings is 1. The predicted molar refractivity (Wildman–Crippen MR) is 127 cm³/mol. The quantitative estimate of drug-likeness (QED) is 0.578. The highest BCUT2D eigenvalue weighted by molar-refractivity contribution is 7.89. The summed E-state index contributed by atoms with van der Waals surface area (Å²) in [4.78, 5) is 0.460. The Bertz CT molecular complexity index is 1330. The lowest BCUT2D eigenvalue weighted by molar-refractivity contribution is 0.273.